The maximum Gasteiger partial charge on any atom is 0.119 e. The minimum Gasteiger partial charge on any atom is -0.497 e. The topological polar surface area (TPSA) is 9.23 Å². The fourth-order valence-electron chi connectivity index (χ4n) is 4.88. The van der Waals surface area contributed by atoms with Crippen molar-refractivity contribution in [3.63, 3.8) is 0 Å². The molecule has 1 saturated carbocycles. The highest BCUT2D eigenvalue weighted by molar-refractivity contribution is 5.85. The molecule has 0 bridgehead atoms. The summed E-state index contributed by atoms with van der Waals surface area (Å²) in [5.41, 5.74) is 3.63. The van der Waals surface area contributed by atoms with Gasteiger partial charge >= 0.3 is 0 Å². The first-order valence-electron chi connectivity index (χ1n) is 11.9. The lowest BCUT2D eigenvalue weighted by molar-refractivity contribution is 0.303. The first-order valence-corrected chi connectivity index (χ1v) is 11.9. The second kappa shape index (κ2) is 10.5. The maximum absolute atomic E-state index is 5.31. The van der Waals surface area contributed by atoms with Gasteiger partial charge in [-0.2, -0.15) is 0 Å². The van der Waals surface area contributed by atoms with E-state index >= 15 is 0 Å². The van der Waals surface area contributed by atoms with Gasteiger partial charge in [0.05, 0.1) is 7.11 Å². The van der Waals surface area contributed by atoms with Crippen molar-refractivity contribution in [2.45, 2.75) is 64.2 Å². The molecule has 160 valence electrons. The van der Waals surface area contributed by atoms with E-state index in [9.17, 15) is 0 Å². The Hall–Kier alpha value is -2.72. The molecule has 1 heteroatoms. The van der Waals surface area contributed by atoms with E-state index < -0.39 is 0 Å². The highest BCUT2D eigenvalue weighted by Gasteiger charge is 2.21. The molecule has 3 aromatic carbocycles. The predicted octanol–water partition coefficient (Wildman–Crippen LogP) is 8.10. The van der Waals surface area contributed by atoms with Crippen LogP contribution in [0.3, 0.4) is 0 Å². The van der Waals surface area contributed by atoms with E-state index in [1.54, 1.807) is 7.11 Å². The number of fused-ring (bicyclic) bond motifs is 1. The second-order valence-corrected chi connectivity index (χ2v) is 9.01. The number of ether oxygens (including phenoxy) is 1. The molecule has 1 nitrogen and oxygen atoms in total. The zero-order valence-electron chi connectivity index (χ0n) is 19.0. The van der Waals surface area contributed by atoms with E-state index in [0.29, 0.717) is 0 Å². The Balaban J connectivity index is 1.36. The molecule has 0 atom stereocenters. The van der Waals surface area contributed by atoms with Gasteiger partial charge in [-0.15, -0.1) is 0 Å². The summed E-state index contributed by atoms with van der Waals surface area (Å²) in [6, 6.07) is 21.5. The molecule has 0 heterocycles. The summed E-state index contributed by atoms with van der Waals surface area (Å²) < 4.78 is 5.31. The Kier molecular flexibility index (Phi) is 7.31. The first-order chi connectivity index (χ1) is 15.2. The van der Waals surface area contributed by atoms with Crippen LogP contribution in [-0.4, -0.2) is 7.11 Å². The van der Waals surface area contributed by atoms with Crippen LogP contribution in [0, 0.1) is 17.8 Å². The molecule has 1 aliphatic carbocycles. The average molecular weight is 411 g/mol. The van der Waals surface area contributed by atoms with Gasteiger partial charge in [0.15, 0.2) is 0 Å². The van der Waals surface area contributed by atoms with Crippen LogP contribution in [0.15, 0.2) is 60.7 Å². The Labute approximate surface area is 187 Å². The lowest BCUT2D eigenvalue weighted by Crippen LogP contribution is -2.13. The van der Waals surface area contributed by atoms with E-state index in [1.807, 2.05) is 6.07 Å². The van der Waals surface area contributed by atoms with E-state index in [1.165, 1.54) is 67.7 Å². The highest BCUT2D eigenvalue weighted by atomic mass is 16.5. The number of rotatable bonds is 6. The van der Waals surface area contributed by atoms with Crippen molar-refractivity contribution in [2.24, 2.45) is 5.92 Å². The van der Waals surface area contributed by atoms with E-state index in [2.05, 4.69) is 73.4 Å². The van der Waals surface area contributed by atoms with Crippen LogP contribution in [0.1, 0.15) is 80.9 Å². The smallest absolute Gasteiger partial charge is 0.119 e. The molecule has 0 spiro atoms. The number of unbranched alkanes of at least 4 members (excludes halogenated alkanes) is 2. The quantitative estimate of drug-likeness (QED) is 0.294. The fraction of sp³-hybridized carbons (Fsp3) is 0.400. The number of hydrogen-bond acceptors (Lipinski definition) is 1. The Morgan fingerprint density at radius 1 is 0.774 bits per heavy atom. The van der Waals surface area contributed by atoms with Crippen LogP contribution in [0.4, 0.5) is 0 Å². The minimum absolute atomic E-state index is 0.738. The zero-order chi connectivity index (χ0) is 21.5. The van der Waals surface area contributed by atoms with Crippen LogP contribution in [0.25, 0.3) is 10.8 Å². The van der Waals surface area contributed by atoms with Crippen molar-refractivity contribution < 1.29 is 4.74 Å². The van der Waals surface area contributed by atoms with Crippen molar-refractivity contribution in [3.8, 4) is 17.6 Å². The monoisotopic (exact) mass is 410 g/mol. The van der Waals surface area contributed by atoms with Crippen LogP contribution in [-0.2, 0) is 0 Å². The predicted molar refractivity (Wildman–Crippen MR) is 132 cm³/mol. The molecule has 4 rings (SSSR count). The summed E-state index contributed by atoms with van der Waals surface area (Å²) in [6.07, 6.45) is 11.1. The van der Waals surface area contributed by atoms with Crippen molar-refractivity contribution in [1.82, 2.24) is 0 Å². The Morgan fingerprint density at radius 3 is 2.19 bits per heavy atom. The SMILES string of the molecule is CCCCCC1CCC(c2ccc(C#Cc3ccc4cc(OC)ccc4c3)cc2)CC1. The summed E-state index contributed by atoms with van der Waals surface area (Å²) in [7, 11) is 1.70. The summed E-state index contributed by atoms with van der Waals surface area (Å²) in [6.45, 7) is 2.30. The van der Waals surface area contributed by atoms with Gasteiger partial charge in [-0.25, -0.2) is 0 Å². The number of methoxy groups -OCH3 is 1. The summed E-state index contributed by atoms with van der Waals surface area (Å²) >= 11 is 0. The standard InChI is InChI=1S/C30H34O/c1-3-4-5-6-23-9-14-26(15-10-23)27-16-11-24(12-17-27)7-8-25-13-18-29-22-30(31-2)20-19-28(29)21-25/h11-13,16-23,26H,3-6,9-10,14-15H2,1-2H3. The average Bonchev–Trinajstić information content (AvgIpc) is 2.83. The van der Waals surface area contributed by atoms with Crippen molar-refractivity contribution in [3.05, 3.63) is 77.4 Å². The first kappa shape index (κ1) is 21.5. The molecule has 0 aromatic heterocycles. The highest BCUT2D eigenvalue weighted by Crippen LogP contribution is 2.37. The second-order valence-electron chi connectivity index (χ2n) is 9.01. The van der Waals surface area contributed by atoms with Crippen LogP contribution < -0.4 is 4.74 Å². The molecule has 0 saturated heterocycles. The van der Waals surface area contributed by atoms with Gasteiger partial charge in [-0.1, -0.05) is 68.7 Å². The molecule has 0 aliphatic heterocycles. The third-order valence-electron chi connectivity index (χ3n) is 6.84. The van der Waals surface area contributed by atoms with Gasteiger partial charge in [0.2, 0.25) is 0 Å². The zero-order valence-corrected chi connectivity index (χ0v) is 19.0. The third-order valence-corrected chi connectivity index (χ3v) is 6.84. The van der Waals surface area contributed by atoms with Gasteiger partial charge in [0.25, 0.3) is 0 Å². The fourth-order valence-corrected chi connectivity index (χ4v) is 4.88. The molecule has 0 N–H and O–H groups in total. The normalized spacial score (nSPS) is 18.4. The lowest BCUT2D eigenvalue weighted by atomic mass is 9.77. The summed E-state index contributed by atoms with van der Waals surface area (Å²) in [4.78, 5) is 0. The van der Waals surface area contributed by atoms with Crippen LogP contribution >= 0.6 is 0 Å². The molecule has 31 heavy (non-hydrogen) atoms. The Bertz CT molecular complexity index is 1040. The van der Waals surface area contributed by atoms with E-state index in [4.69, 9.17) is 4.74 Å². The van der Waals surface area contributed by atoms with Crippen LogP contribution in [0.2, 0.25) is 0 Å². The van der Waals surface area contributed by atoms with Crippen molar-refractivity contribution in [1.29, 1.82) is 0 Å². The van der Waals surface area contributed by atoms with Gasteiger partial charge in [0, 0.05) is 11.1 Å². The third kappa shape index (κ3) is 5.71. The Morgan fingerprint density at radius 2 is 1.45 bits per heavy atom. The van der Waals surface area contributed by atoms with Gasteiger partial charge in [0.1, 0.15) is 5.75 Å². The van der Waals surface area contributed by atoms with Gasteiger partial charge in [-0.05, 0) is 90.3 Å². The molecule has 0 radical (unpaired) electrons. The molecule has 1 aliphatic rings. The van der Waals surface area contributed by atoms with Crippen LogP contribution in [0.5, 0.6) is 5.75 Å². The summed E-state index contributed by atoms with van der Waals surface area (Å²) in [5.74, 6) is 9.26. The van der Waals surface area contributed by atoms with Gasteiger partial charge in [-0.3, -0.25) is 0 Å². The molecular formula is C30H34O. The lowest BCUT2D eigenvalue weighted by Gasteiger charge is -2.29. The van der Waals surface area contributed by atoms with Crippen molar-refractivity contribution in [2.75, 3.05) is 7.11 Å². The molecule has 1 fully saturated rings. The number of hydrogen-bond donors (Lipinski definition) is 0. The molecule has 3 aromatic rings. The molecule has 0 unspecified atom stereocenters. The maximum atomic E-state index is 5.31. The van der Waals surface area contributed by atoms with E-state index in [0.717, 1.165) is 28.7 Å². The summed E-state index contributed by atoms with van der Waals surface area (Å²) in [5, 5.41) is 2.36. The molecule has 0 amide bonds. The minimum atomic E-state index is 0.738. The van der Waals surface area contributed by atoms with Crippen molar-refractivity contribution >= 4 is 10.8 Å². The van der Waals surface area contributed by atoms with E-state index in [-0.39, 0.29) is 0 Å². The number of benzene rings is 3. The largest absolute Gasteiger partial charge is 0.497 e. The van der Waals surface area contributed by atoms with Gasteiger partial charge < -0.3 is 4.74 Å². The molecular weight excluding hydrogens is 376 g/mol.